The van der Waals surface area contributed by atoms with E-state index in [0.717, 1.165) is 29.5 Å². The fraction of sp³-hybridized carbons (Fsp3) is 0.143. The maximum atomic E-state index is 13.1. The Morgan fingerprint density at radius 3 is 2.06 bits per heavy atom. The van der Waals surface area contributed by atoms with Gasteiger partial charge in [-0.1, -0.05) is 36.4 Å². The summed E-state index contributed by atoms with van der Waals surface area (Å²) in [6, 6.07) is 26.0. The lowest BCUT2D eigenvalue weighted by molar-refractivity contribution is 0.287. The lowest BCUT2D eigenvalue weighted by Gasteiger charge is -2.30. The fourth-order valence-electron chi connectivity index (χ4n) is 3.33. The van der Waals surface area contributed by atoms with E-state index in [-0.39, 0.29) is 11.6 Å². The molecule has 1 aliphatic rings. The van der Waals surface area contributed by atoms with Crippen LogP contribution in [-0.2, 0) is 6.54 Å². The number of phenolic OH excluding ortho intramolecular Hbond substituents is 1. The molecule has 4 nitrogen and oxygen atoms in total. The molecule has 0 atom stereocenters. The molecular formula is C28H28F2N2O2. The monoisotopic (exact) mass is 462 g/mol. The van der Waals surface area contributed by atoms with Crippen LogP contribution in [0.25, 0.3) is 0 Å². The number of benzene rings is 4. The maximum absolute atomic E-state index is 13.1. The number of ether oxygens (including phenoxy) is 1. The Kier molecular flexibility index (Phi) is 8.46. The number of phenols is 1. The molecule has 0 radical (unpaired) electrons. The first kappa shape index (κ1) is 24.6. The second-order valence-electron chi connectivity index (χ2n) is 7.96. The van der Waals surface area contributed by atoms with Gasteiger partial charge in [0.25, 0.3) is 0 Å². The van der Waals surface area contributed by atoms with Crippen LogP contribution in [-0.4, -0.2) is 11.8 Å². The van der Waals surface area contributed by atoms with Crippen molar-refractivity contribution in [2.75, 3.05) is 17.4 Å². The van der Waals surface area contributed by atoms with E-state index in [1.54, 1.807) is 6.07 Å². The third-order valence-corrected chi connectivity index (χ3v) is 4.98. The number of aryl methyl sites for hydroxylation is 2. The van der Waals surface area contributed by atoms with Crippen molar-refractivity contribution in [1.82, 2.24) is 0 Å². The van der Waals surface area contributed by atoms with Gasteiger partial charge in [-0.15, -0.1) is 0 Å². The molecule has 0 amide bonds. The first-order valence-corrected chi connectivity index (χ1v) is 10.8. The zero-order valence-corrected chi connectivity index (χ0v) is 19.2. The van der Waals surface area contributed by atoms with Crippen molar-refractivity contribution >= 4 is 11.4 Å². The largest absolute Gasteiger partial charge is 0.508 e. The van der Waals surface area contributed by atoms with E-state index in [0.29, 0.717) is 12.5 Å². The van der Waals surface area contributed by atoms with Gasteiger partial charge in [-0.25, -0.2) is 8.78 Å². The minimum absolute atomic E-state index is 0.0370. The summed E-state index contributed by atoms with van der Waals surface area (Å²) in [6.07, 6.45) is 0. The fourth-order valence-corrected chi connectivity index (χ4v) is 3.33. The van der Waals surface area contributed by atoms with E-state index in [1.165, 1.54) is 41.5 Å². The van der Waals surface area contributed by atoms with Crippen molar-refractivity contribution in [2.45, 2.75) is 20.4 Å². The Bertz CT molecular complexity index is 1150. The summed E-state index contributed by atoms with van der Waals surface area (Å²) in [5.74, 6) is -0.0494. The van der Waals surface area contributed by atoms with Gasteiger partial charge < -0.3 is 20.5 Å². The molecule has 176 valence electrons. The topological polar surface area (TPSA) is 58.7 Å². The van der Waals surface area contributed by atoms with E-state index in [2.05, 4.69) is 30.0 Å². The molecule has 0 aliphatic carbocycles. The third-order valence-electron chi connectivity index (χ3n) is 4.98. The van der Waals surface area contributed by atoms with Gasteiger partial charge in [0.05, 0.1) is 0 Å². The predicted molar refractivity (Wildman–Crippen MR) is 133 cm³/mol. The van der Waals surface area contributed by atoms with Gasteiger partial charge >= 0.3 is 0 Å². The highest BCUT2D eigenvalue weighted by atomic mass is 19.1. The molecule has 0 bridgehead atoms. The van der Waals surface area contributed by atoms with Gasteiger partial charge in [0.15, 0.2) is 6.73 Å². The number of hydrogen-bond acceptors (Lipinski definition) is 4. The van der Waals surface area contributed by atoms with Crippen LogP contribution in [0.4, 0.5) is 20.2 Å². The summed E-state index contributed by atoms with van der Waals surface area (Å²) in [6.45, 7) is 5.30. The van der Waals surface area contributed by atoms with Crippen LogP contribution >= 0.6 is 0 Å². The van der Waals surface area contributed by atoms with Crippen molar-refractivity contribution in [3.8, 4) is 11.5 Å². The van der Waals surface area contributed by atoms with Crippen LogP contribution in [0.5, 0.6) is 11.5 Å². The summed E-state index contributed by atoms with van der Waals surface area (Å²) in [5.41, 5.74) is 10.9. The highest BCUT2D eigenvalue weighted by Crippen LogP contribution is 2.29. The number of aromatic hydroxyl groups is 1. The maximum Gasteiger partial charge on any atom is 0.161 e. The van der Waals surface area contributed by atoms with Gasteiger partial charge in [0.2, 0.25) is 0 Å². The first-order valence-electron chi connectivity index (χ1n) is 10.8. The van der Waals surface area contributed by atoms with Crippen LogP contribution < -0.4 is 15.4 Å². The van der Waals surface area contributed by atoms with E-state index < -0.39 is 5.82 Å². The van der Waals surface area contributed by atoms with Crippen molar-refractivity contribution in [3.63, 3.8) is 0 Å². The summed E-state index contributed by atoms with van der Waals surface area (Å²) in [4.78, 5) is 2.13. The Labute approximate surface area is 198 Å². The molecule has 34 heavy (non-hydrogen) atoms. The predicted octanol–water partition coefficient (Wildman–Crippen LogP) is 6.60. The second kappa shape index (κ2) is 11.7. The molecule has 3 N–H and O–H groups in total. The van der Waals surface area contributed by atoms with Gasteiger partial charge in [-0.2, -0.15) is 0 Å². The molecule has 0 fully saturated rings. The number of nitrogen functional groups attached to an aromatic ring is 1. The molecule has 0 saturated heterocycles. The Morgan fingerprint density at radius 2 is 1.47 bits per heavy atom. The third kappa shape index (κ3) is 7.52. The highest BCUT2D eigenvalue weighted by molar-refractivity contribution is 5.51. The van der Waals surface area contributed by atoms with E-state index in [4.69, 9.17) is 15.6 Å². The minimum Gasteiger partial charge on any atom is -0.508 e. The van der Waals surface area contributed by atoms with Gasteiger partial charge in [-0.3, -0.25) is 0 Å². The van der Waals surface area contributed by atoms with Crippen molar-refractivity contribution < 1.29 is 18.6 Å². The van der Waals surface area contributed by atoms with Gasteiger partial charge in [0.1, 0.15) is 23.1 Å². The van der Waals surface area contributed by atoms with E-state index in [1.807, 2.05) is 37.3 Å². The molecule has 1 heterocycles. The van der Waals surface area contributed by atoms with Gasteiger partial charge in [0, 0.05) is 35.6 Å². The molecule has 4 aromatic rings. The molecule has 5 rings (SSSR count). The molecule has 0 saturated carbocycles. The van der Waals surface area contributed by atoms with Crippen LogP contribution in [0.1, 0.15) is 16.7 Å². The molecule has 0 spiro atoms. The Balaban J connectivity index is 0.000000168. The molecule has 6 heteroatoms. The van der Waals surface area contributed by atoms with E-state index in [9.17, 15) is 8.78 Å². The highest BCUT2D eigenvalue weighted by Gasteiger charge is 2.18. The average molecular weight is 463 g/mol. The van der Waals surface area contributed by atoms with Crippen LogP contribution in [0.2, 0.25) is 0 Å². The lowest BCUT2D eigenvalue weighted by Crippen LogP contribution is -2.31. The number of halogens is 2. The normalized spacial score (nSPS) is 11.7. The zero-order chi connectivity index (χ0) is 24.5. The molecule has 0 aromatic heterocycles. The number of fused-ring (bicyclic) bond motifs is 1. The molecular weight excluding hydrogens is 434 g/mol. The van der Waals surface area contributed by atoms with Crippen molar-refractivity contribution in [2.24, 2.45) is 0 Å². The Hall–Kier alpha value is -4.06. The van der Waals surface area contributed by atoms with Gasteiger partial charge in [-0.05, 0) is 67.4 Å². The summed E-state index contributed by atoms with van der Waals surface area (Å²) in [5, 5.41) is 8.57. The molecule has 0 unspecified atom stereocenters. The first-order chi connectivity index (χ1) is 16.3. The zero-order valence-electron chi connectivity index (χ0n) is 19.2. The Morgan fingerprint density at radius 1 is 0.794 bits per heavy atom. The van der Waals surface area contributed by atoms with Crippen LogP contribution in [0, 0.1) is 25.5 Å². The quantitative estimate of drug-likeness (QED) is 0.313. The molecule has 1 aliphatic heterocycles. The SMILES string of the molecule is Cc1cccc(N)c1.Cc1cccc(N2COc3cc(F)ccc3C2)c1.Oc1cccc(F)c1. The summed E-state index contributed by atoms with van der Waals surface area (Å²) in [7, 11) is 0. The number of nitrogens with two attached hydrogens (primary N) is 1. The summed E-state index contributed by atoms with van der Waals surface area (Å²) < 4.78 is 30.7. The smallest absolute Gasteiger partial charge is 0.161 e. The van der Waals surface area contributed by atoms with E-state index >= 15 is 0 Å². The number of anilines is 2. The second-order valence-corrected chi connectivity index (χ2v) is 7.96. The number of nitrogens with zero attached hydrogens (tertiary/aromatic N) is 1. The van der Waals surface area contributed by atoms with Crippen molar-refractivity contribution in [1.29, 1.82) is 0 Å². The molecule has 4 aromatic carbocycles. The average Bonchev–Trinajstić information content (AvgIpc) is 2.79. The number of rotatable bonds is 1. The van der Waals surface area contributed by atoms with Crippen LogP contribution in [0.15, 0.2) is 91.0 Å². The lowest BCUT2D eigenvalue weighted by atomic mass is 10.1. The van der Waals surface area contributed by atoms with Crippen molar-refractivity contribution in [3.05, 3.63) is 119 Å². The summed E-state index contributed by atoms with van der Waals surface area (Å²) >= 11 is 0. The standard InChI is InChI=1S/C15H14FNO.C7H9N.C6H5FO/c1-11-3-2-4-14(7-11)17-9-12-5-6-13(16)8-15(12)18-10-17;1-6-3-2-4-7(8)5-6;7-5-2-1-3-6(8)4-5/h2-8H,9-10H2,1H3;2-5H,8H2,1H3;1-4,8H. The van der Waals surface area contributed by atoms with Crippen LogP contribution in [0.3, 0.4) is 0 Å². The number of hydrogen-bond donors (Lipinski definition) is 2. The minimum atomic E-state index is -0.412.